The third kappa shape index (κ3) is 3.86. The van der Waals surface area contributed by atoms with Gasteiger partial charge in [0.25, 0.3) is 0 Å². The first-order chi connectivity index (χ1) is 6.74. The first-order valence-corrected chi connectivity index (χ1v) is 6.24. The van der Waals surface area contributed by atoms with Crippen LogP contribution in [0.25, 0.3) is 0 Å². The molecule has 14 heavy (non-hydrogen) atoms. The second kappa shape index (κ2) is 6.27. The Labute approximate surface area is 89.2 Å². The quantitative estimate of drug-likeness (QED) is 0.688. The average Bonchev–Trinajstić information content (AvgIpc) is 2.19. The summed E-state index contributed by atoms with van der Waals surface area (Å²) in [5, 5.41) is 6.07. The number of carbonyl (C=O) groups excluding carboxylic acids is 1. The minimum atomic E-state index is -0.173. The fourth-order valence-electron chi connectivity index (χ4n) is 1.37. The van der Waals surface area contributed by atoms with Crippen LogP contribution in [0, 0.1) is 0 Å². The molecule has 1 aliphatic heterocycles. The number of hydrogen-bond acceptors (Lipinski definition) is 4. The Balaban J connectivity index is 2.25. The van der Waals surface area contributed by atoms with Gasteiger partial charge in [-0.2, -0.15) is 11.8 Å². The van der Waals surface area contributed by atoms with Crippen molar-refractivity contribution < 1.29 is 9.53 Å². The molecule has 0 saturated carbocycles. The monoisotopic (exact) mass is 218 g/mol. The zero-order chi connectivity index (χ0) is 10.4. The van der Waals surface area contributed by atoms with Crippen LogP contribution >= 0.6 is 11.8 Å². The second-order valence-corrected chi connectivity index (χ2v) is 4.36. The molecule has 0 spiro atoms. The zero-order valence-electron chi connectivity index (χ0n) is 8.71. The summed E-state index contributed by atoms with van der Waals surface area (Å²) >= 11 is 1.73. The van der Waals surface area contributed by atoms with Crippen LogP contribution in [0.2, 0.25) is 0 Å². The van der Waals surface area contributed by atoms with Gasteiger partial charge in [-0.3, -0.25) is 4.79 Å². The SMILES string of the molecule is CSCC(C)NC(=O)C1COCCN1. The van der Waals surface area contributed by atoms with Crippen molar-refractivity contribution in [1.29, 1.82) is 0 Å². The first kappa shape index (κ1) is 11.8. The smallest absolute Gasteiger partial charge is 0.239 e. The number of nitrogens with one attached hydrogen (secondary N) is 2. The van der Waals surface area contributed by atoms with Crippen molar-refractivity contribution in [2.45, 2.75) is 19.0 Å². The molecule has 2 unspecified atom stereocenters. The number of amides is 1. The van der Waals surface area contributed by atoms with E-state index in [1.165, 1.54) is 0 Å². The lowest BCUT2D eigenvalue weighted by Gasteiger charge is -2.24. The minimum Gasteiger partial charge on any atom is -0.378 e. The Morgan fingerprint density at radius 2 is 2.57 bits per heavy atom. The normalized spacial score (nSPS) is 24.3. The third-order valence-electron chi connectivity index (χ3n) is 2.04. The molecule has 1 amide bonds. The molecule has 2 atom stereocenters. The summed E-state index contributed by atoms with van der Waals surface area (Å²) < 4.78 is 5.22. The first-order valence-electron chi connectivity index (χ1n) is 4.84. The van der Waals surface area contributed by atoms with Crippen LogP contribution in [0.5, 0.6) is 0 Å². The van der Waals surface area contributed by atoms with Crippen molar-refractivity contribution in [3.8, 4) is 0 Å². The Morgan fingerprint density at radius 3 is 3.14 bits per heavy atom. The lowest BCUT2D eigenvalue weighted by Crippen LogP contribution is -2.53. The molecule has 5 heteroatoms. The third-order valence-corrected chi connectivity index (χ3v) is 2.88. The number of thioether (sulfide) groups is 1. The van der Waals surface area contributed by atoms with Crippen LogP contribution in [-0.2, 0) is 9.53 Å². The lowest BCUT2D eigenvalue weighted by atomic mass is 10.2. The Kier molecular flexibility index (Phi) is 5.29. The maximum absolute atomic E-state index is 11.6. The van der Waals surface area contributed by atoms with E-state index in [1.54, 1.807) is 11.8 Å². The van der Waals surface area contributed by atoms with Gasteiger partial charge >= 0.3 is 0 Å². The number of rotatable bonds is 4. The number of carbonyl (C=O) groups is 1. The molecule has 1 fully saturated rings. The predicted molar refractivity (Wildman–Crippen MR) is 58.6 cm³/mol. The van der Waals surface area contributed by atoms with Crippen LogP contribution in [-0.4, -0.2) is 49.8 Å². The summed E-state index contributed by atoms with van der Waals surface area (Å²) in [5.74, 6) is 0.991. The second-order valence-electron chi connectivity index (χ2n) is 3.45. The van der Waals surface area contributed by atoms with E-state index >= 15 is 0 Å². The van der Waals surface area contributed by atoms with Crippen LogP contribution < -0.4 is 10.6 Å². The Morgan fingerprint density at radius 1 is 1.79 bits per heavy atom. The van der Waals surface area contributed by atoms with Crippen molar-refractivity contribution in [1.82, 2.24) is 10.6 Å². The molecule has 0 aromatic heterocycles. The van der Waals surface area contributed by atoms with Gasteiger partial charge in [-0.05, 0) is 13.2 Å². The Hall–Kier alpha value is -0.260. The molecule has 82 valence electrons. The topological polar surface area (TPSA) is 50.4 Å². The summed E-state index contributed by atoms with van der Waals surface area (Å²) in [5.41, 5.74) is 0. The van der Waals surface area contributed by atoms with E-state index in [2.05, 4.69) is 10.6 Å². The van der Waals surface area contributed by atoms with Crippen molar-refractivity contribution in [3.05, 3.63) is 0 Å². The van der Waals surface area contributed by atoms with Crippen LogP contribution in [0.4, 0.5) is 0 Å². The molecule has 1 aliphatic rings. The van der Waals surface area contributed by atoms with Crippen LogP contribution in [0.15, 0.2) is 0 Å². The van der Waals surface area contributed by atoms with E-state index in [0.29, 0.717) is 13.2 Å². The molecule has 2 N–H and O–H groups in total. The molecule has 0 aromatic carbocycles. The highest BCUT2D eigenvalue weighted by atomic mass is 32.2. The predicted octanol–water partition coefficient (Wildman–Crippen LogP) is -0.157. The molecule has 1 heterocycles. The zero-order valence-corrected chi connectivity index (χ0v) is 9.52. The summed E-state index contributed by atoms with van der Waals surface area (Å²) in [7, 11) is 0. The van der Waals surface area contributed by atoms with Crippen molar-refractivity contribution in [2.24, 2.45) is 0 Å². The lowest BCUT2D eigenvalue weighted by molar-refractivity contribution is -0.126. The van der Waals surface area contributed by atoms with E-state index in [0.717, 1.165) is 12.3 Å². The van der Waals surface area contributed by atoms with Gasteiger partial charge < -0.3 is 15.4 Å². The molecule has 0 bridgehead atoms. The molecule has 1 saturated heterocycles. The van der Waals surface area contributed by atoms with Gasteiger partial charge in [0.05, 0.1) is 13.2 Å². The summed E-state index contributed by atoms with van der Waals surface area (Å²) in [6.45, 7) is 3.95. The van der Waals surface area contributed by atoms with Crippen molar-refractivity contribution >= 4 is 17.7 Å². The summed E-state index contributed by atoms with van der Waals surface area (Å²) in [4.78, 5) is 11.6. The van der Waals surface area contributed by atoms with Crippen LogP contribution in [0.1, 0.15) is 6.92 Å². The van der Waals surface area contributed by atoms with Gasteiger partial charge in [-0.15, -0.1) is 0 Å². The van der Waals surface area contributed by atoms with E-state index in [9.17, 15) is 4.79 Å². The highest BCUT2D eigenvalue weighted by Crippen LogP contribution is 1.98. The van der Waals surface area contributed by atoms with Crippen LogP contribution in [0.3, 0.4) is 0 Å². The fraction of sp³-hybridized carbons (Fsp3) is 0.889. The standard InChI is InChI=1S/C9H18N2O2S/c1-7(6-14-2)11-9(12)8-5-13-4-3-10-8/h7-8,10H,3-6H2,1-2H3,(H,11,12). The van der Waals surface area contributed by atoms with E-state index in [-0.39, 0.29) is 18.0 Å². The van der Waals surface area contributed by atoms with E-state index in [4.69, 9.17) is 4.74 Å². The maximum atomic E-state index is 11.6. The molecule has 1 rings (SSSR count). The Bertz CT molecular complexity index is 184. The molecule has 0 radical (unpaired) electrons. The van der Waals surface area contributed by atoms with E-state index < -0.39 is 0 Å². The molecular weight excluding hydrogens is 200 g/mol. The van der Waals surface area contributed by atoms with Gasteiger partial charge in [0.2, 0.25) is 5.91 Å². The largest absolute Gasteiger partial charge is 0.378 e. The fourth-order valence-corrected chi connectivity index (χ4v) is 1.95. The van der Waals surface area contributed by atoms with Gasteiger partial charge in [0.15, 0.2) is 0 Å². The number of morpholine rings is 1. The van der Waals surface area contributed by atoms with E-state index in [1.807, 2.05) is 13.2 Å². The molecule has 4 nitrogen and oxygen atoms in total. The number of hydrogen-bond donors (Lipinski definition) is 2. The molecule has 0 aromatic rings. The maximum Gasteiger partial charge on any atom is 0.239 e. The van der Waals surface area contributed by atoms with Crippen molar-refractivity contribution in [2.75, 3.05) is 31.8 Å². The minimum absolute atomic E-state index is 0.0475. The van der Waals surface area contributed by atoms with Gasteiger partial charge in [0, 0.05) is 18.3 Å². The van der Waals surface area contributed by atoms with Crippen molar-refractivity contribution in [3.63, 3.8) is 0 Å². The highest BCUT2D eigenvalue weighted by molar-refractivity contribution is 7.98. The van der Waals surface area contributed by atoms with Gasteiger partial charge in [0.1, 0.15) is 6.04 Å². The average molecular weight is 218 g/mol. The van der Waals surface area contributed by atoms with Gasteiger partial charge in [-0.1, -0.05) is 0 Å². The number of ether oxygens (including phenoxy) is 1. The van der Waals surface area contributed by atoms with Gasteiger partial charge in [-0.25, -0.2) is 0 Å². The molecule has 0 aliphatic carbocycles. The summed E-state index contributed by atoms with van der Waals surface area (Å²) in [6.07, 6.45) is 2.03. The molecular formula is C9H18N2O2S. The highest BCUT2D eigenvalue weighted by Gasteiger charge is 2.21. The summed E-state index contributed by atoms with van der Waals surface area (Å²) in [6, 6.07) is 0.0503.